The molecule has 3 nitrogen and oxygen atoms in total. The topological polar surface area (TPSA) is 30.7 Å². The lowest BCUT2D eigenvalue weighted by atomic mass is 9.86. The smallest absolute Gasteiger partial charge is 0.224 e. The van der Waals surface area contributed by atoms with Crippen LogP contribution >= 0.6 is 11.6 Å². The number of benzene rings is 1. The molecule has 1 aromatic carbocycles. The van der Waals surface area contributed by atoms with Crippen molar-refractivity contribution in [1.82, 2.24) is 14.5 Å². The molecule has 0 atom stereocenters. The van der Waals surface area contributed by atoms with Crippen LogP contribution in [0.25, 0.3) is 16.7 Å². The van der Waals surface area contributed by atoms with E-state index in [0.29, 0.717) is 0 Å². The van der Waals surface area contributed by atoms with Crippen molar-refractivity contribution in [2.24, 2.45) is 5.41 Å². The van der Waals surface area contributed by atoms with Crippen molar-refractivity contribution in [2.75, 3.05) is 0 Å². The Labute approximate surface area is 136 Å². The van der Waals surface area contributed by atoms with Crippen LogP contribution in [0.5, 0.6) is 0 Å². The zero-order valence-electron chi connectivity index (χ0n) is 13.4. The summed E-state index contributed by atoms with van der Waals surface area (Å²) in [6, 6.07) is 8.28. The maximum atomic E-state index is 6.14. The summed E-state index contributed by atoms with van der Waals surface area (Å²) >= 11 is 6.14. The second-order valence-electron chi connectivity index (χ2n) is 6.96. The molecular weight excluding hydrogens is 294 g/mol. The van der Waals surface area contributed by atoms with Gasteiger partial charge in [-0.05, 0) is 59.7 Å². The van der Waals surface area contributed by atoms with Crippen molar-refractivity contribution in [3.05, 3.63) is 53.1 Å². The first kappa shape index (κ1) is 15.0. The molecule has 0 spiro atoms. The molecule has 0 bridgehead atoms. The van der Waals surface area contributed by atoms with Crippen LogP contribution in [0.1, 0.15) is 31.9 Å². The van der Waals surface area contributed by atoms with Crippen LogP contribution in [-0.2, 0) is 6.42 Å². The number of rotatable bonds is 2. The highest BCUT2D eigenvalue weighted by Gasteiger charge is 2.18. The van der Waals surface area contributed by atoms with E-state index >= 15 is 0 Å². The zero-order chi connectivity index (χ0) is 15.9. The molecule has 0 aliphatic rings. The Morgan fingerprint density at radius 1 is 1.09 bits per heavy atom. The molecule has 22 heavy (non-hydrogen) atoms. The van der Waals surface area contributed by atoms with Gasteiger partial charge >= 0.3 is 0 Å². The molecular formula is C18H20ClN3. The van der Waals surface area contributed by atoms with Gasteiger partial charge in [-0.15, -0.1) is 0 Å². The van der Waals surface area contributed by atoms with Crippen LogP contribution in [0.15, 0.2) is 36.7 Å². The highest BCUT2D eigenvalue weighted by atomic mass is 35.5. The van der Waals surface area contributed by atoms with Crippen LogP contribution in [0, 0.1) is 12.3 Å². The molecule has 0 amide bonds. The maximum Gasteiger partial charge on any atom is 0.224 e. The van der Waals surface area contributed by atoms with Gasteiger partial charge in [0.05, 0.1) is 5.52 Å². The highest BCUT2D eigenvalue weighted by Crippen LogP contribution is 2.31. The molecule has 2 heterocycles. The summed E-state index contributed by atoms with van der Waals surface area (Å²) in [5, 5.41) is 1.37. The first-order valence-electron chi connectivity index (χ1n) is 7.44. The summed E-state index contributed by atoms with van der Waals surface area (Å²) in [6.07, 6.45) is 4.93. The number of nitrogens with zero attached hydrogens (tertiary/aromatic N) is 3. The highest BCUT2D eigenvalue weighted by molar-refractivity contribution is 6.28. The van der Waals surface area contributed by atoms with Crippen molar-refractivity contribution in [3.63, 3.8) is 0 Å². The van der Waals surface area contributed by atoms with Gasteiger partial charge in [0, 0.05) is 17.8 Å². The van der Waals surface area contributed by atoms with E-state index in [9.17, 15) is 0 Å². The third-order valence-corrected chi connectivity index (χ3v) is 3.72. The van der Waals surface area contributed by atoms with Crippen LogP contribution < -0.4 is 0 Å². The summed E-state index contributed by atoms with van der Waals surface area (Å²) in [7, 11) is 0. The Hall–Kier alpha value is -1.87. The number of aromatic nitrogens is 3. The van der Waals surface area contributed by atoms with Crippen molar-refractivity contribution >= 4 is 22.5 Å². The third-order valence-electron chi connectivity index (χ3n) is 3.55. The lowest BCUT2D eigenvalue weighted by Gasteiger charge is -2.21. The number of hydrogen-bond acceptors (Lipinski definition) is 2. The molecule has 0 saturated heterocycles. The zero-order valence-corrected chi connectivity index (χ0v) is 14.1. The summed E-state index contributed by atoms with van der Waals surface area (Å²) in [5.74, 6) is 0.847. The predicted molar refractivity (Wildman–Crippen MR) is 91.8 cm³/mol. The fourth-order valence-corrected chi connectivity index (χ4v) is 3.00. The number of hydrogen-bond donors (Lipinski definition) is 0. The Kier molecular flexibility index (Phi) is 3.69. The van der Waals surface area contributed by atoms with E-state index < -0.39 is 0 Å². The van der Waals surface area contributed by atoms with Crippen molar-refractivity contribution in [3.8, 4) is 5.82 Å². The van der Waals surface area contributed by atoms with E-state index in [-0.39, 0.29) is 10.7 Å². The predicted octanol–water partition coefficient (Wildman–Crippen LogP) is 4.97. The molecule has 3 rings (SSSR count). The van der Waals surface area contributed by atoms with Crippen LogP contribution in [0.3, 0.4) is 0 Å². The van der Waals surface area contributed by atoms with E-state index in [1.807, 2.05) is 29.1 Å². The number of fused-ring (bicyclic) bond motifs is 1. The third kappa shape index (κ3) is 3.00. The monoisotopic (exact) mass is 313 g/mol. The van der Waals surface area contributed by atoms with Gasteiger partial charge in [0.1, 0.15) is 5.82 Å². The second kappa shape index (κ2) is 5.40. The Bertz CT molecular complexity index is 809. The molecule has 114 valence electrons. The van der Waals surface area contributed by atoms with Crippen molar-refractivity contribution in [2.45, 2.75) is 34.1 Å². The molecule has 0 fully saturated rings. The van der Waals surface area contributed by atoms with E-state index in [1.165, 1.54) is 11.1 Å². The molecule has 0 saturated carbocycles. The van der Waals surface area contributed by atoms with Gasteiger partial charge in [-0.2, -0.15) is 4.98 Å². The minimum Gasteiger partial charge on any atom is -0.308 e. The van der Waals surface area contributed by atoms with Gasteiger partial charge in [-0.3, -0.25) is 0 Å². The van der Waals surface area contributed by atoms with Gasteiger partial charge in [-0.25, -0.2) is 4.98 Å². The van der Waals surface area contributed by atoms with Gasteiger partial charge < -0.3 is 4.57 Å². The minimum atomic E-state index is 0.189. The lowest BCUT2D eigenvalue weighted by molar-refractivity contribution is 0.412. The van der Waals surface area contributed by atoms with Gasteiger partial charge in [0.15, 0.2) is 0 Å². The summed E-state index contributed by atoms with van der Waals surface area (Å²) in [4.78, 5) is 8.92. The normalized spacial score (nSPS) is 12.0. The molecule has 0 radical (unpaired) electrons. The van der Waals surface area contributed by atoms with E-state index in [4.69, 9.17) is 11.6 Å². The summed E-state index contributed by atoms with van der Waals surface area (Å²) in [5.41, 5.74) is 3.56. The number of aryl methyl sites for hydroxylation is 1. The molecule has 4 heteroatoms. The van der Waals surface area contributed by atoms with Crippen LogP contribution in [-0.4, -0.2) is 14.5 Å². The van der Waals surface area contributed by atoms with E-state index in [1.54, 1.807) is 0 Å². The Morgan fingerprint density at radius 3 is 2.41 bits per heavy atom. The summed E-state index contributed by atoms with van der Waals surface area (Å²) < 4.78 is 2.00. The van der Waals surface area contributed by atoms with Crippen molar-refractivity contribution in [1.29, 1.82) is 0 Å². The molecule has 0 aliphatic carbocycles. The standard InChI is InChI=1S/C18H20ClN3/c1-12-9-13(11-18(2,3)4)15-14(10-12)20-17(19)21-16(15)22-7-5-6-8-22/h5-10H,11H2,1-4H3. The maximum absolute atomic E-state index is 6.14. The van der Waals surface area contributed by atoms with Crippen molar-refractivity contribution < 1.29 is 0 Å². The minimum absolute atomic E-state index is 0.189. The van der Waals surface area contributed by atoms with Crippen LogP contribution in [0.2, 0.25) is 5.28 Å². The quantitative estimate of drug-likeness (QED) is 0.625. The Balaban J connectivity index is 2.35. The average Bonchev–Trinajstić information content (AvgIpc) is 2.88. The molecule has 0 aliphatic heterocycles. The largest absolute Gasteiger partial charge is 0.308 e. The molecule has 3 aromatic rings. The van der Waals surface area contributed by atoms with Gasteiger partial charge in [0.25, 0.3) is 0 Å². The fraction of sp³-hybridized carbons (Fsp3) is 0.333. The fourth-order valence-electron chi connectivity index (χ4n) is 2.83. The second-order valence-corrected chi connectivity index (χ2v) is 7.30. The Morgan fingerprint density at radius 2 is 1.77 bits per heavy atom. The summed E-state index contributed by atoms with van der Waals surface area (Å²) in [6.45, 7) is 8.82. The molecule has 0 N–H and O–H groups in total. The molecule has 0 unspecified atom stereocenters. The average molecular weight is 314 g/mol. The van der Waals surface area contributed by atoms with E-state index in [0.717, 1.165) is 23.1 Å². The molecule has 2 aromatic heterocycles. The van der Waals surface area contributed by atoms with Gasteiger partial charge in [-0.1, -0.05) is 26.8 Å². The first-order chi connectivity index (χ1) is 10.3. The van der Waals surface area contributed by atoms with E-state index in [2.05, 4.69) is 49.8 Å². The SMILES string of the molecule is Cc1cc(CC(C)(C)C)c2c(-n3cccc3)nc(Cl)nc2c1. The number of halogens is 1. The van der Waals surface area contributed by atoms with Crippen LogP contribution in [0.4, 0.5) is 0 Å². The first-order valence-corrected chi connectivity index (χ1v) is 7.81. The lowest BCUT2D eigenvalue weighted by Crippen LogP contribution is -2.11. The van der Waals surface area contributed by atoms with Gasteiger partial charge in [0.2, 0.25) is 5.28 Å².